The topological polar surface area (TPSA) is 43.4 Å². The van der Waals surface area contributed by atoms with Gasteiger partial charge in [0.25, 0.3) is 0 Å². The number of thiol groups is 1. The number of hydrogen-bond acceptors (Lipinski definition) is 4. The molecular formula is C6HF5O3S2. The van der Waals surface area contributed by atoms with Gasteiger partial charge in [0.15, 0.2) is 28.2 Å². The van der Waals surface area contributed by atoms with Crippen LogP contribution < -0.4 is 0 Å². The van der Waals surface area contributed by atoms with Crippen molar-refractivity contribution < 1.29 is 34.0 Å². The summed E-state index contributed by atoms with van der Waals surface area (Å²) in [7, 11) is -5.15. The highest BCUT2D eigenvalue weighted by molar-refractivity contribution is 7.95. The second kappa shape index (κ2) is 4.18. The van der Waals surface area contributed by atoms with Gasteiger partial charge in [-0.1, -0.05) is 0 Å². The Kier molecular flexibility index (Phi) is 3.45. The molecule has 1 rings (SSSR count). The van der Waals surface area contributed by atoms with E-state index in [9.17, 15) is 30.4 Å². The molecule has 0 fully saturated rings. The molecule has 16 heavy (non-hydrogen) atoms. The quantitative estimate of drug-likeness (QED) is 0.296. The lowest BCUT2D eigenvalue weighted by Gasteiger charge is -2.06. The normalized spacial score (nSPS) is 11.9. The van der Waals surface area contributed by atoms with E-state index in [0.29, 0.717) is 0 Å². The second-order valence-electron chi connectivity index (χ2n) is 2.43. The van der Waals surface area contributed by atoms with Crippen molar-refractivity contribution in [2.75, 3.05) is 0 Å². The van der Waals surface area contributed by atoms with Crippen molar-refractivity contribution in [1.29, 1.82) is 0 Å². The fourth-order valence-electron chi connectivity index (χ4n) is 0.842. The van der Waals surface area contributed by atoms with Gasteiger partial charge in [-0.2, -0.15) is 12.0 Å². The number of halogens is 5. The van der Waals surface area contributed by atoms with Crippen LogP contribution >= 0.6 is 12.9 Å². The largest absolute Gasteiger partial charge is 0.313 e. The Labute approximate surface area is 91.6 Å². The van der Waals surface area contributed by atoms with E-state index in [-0.39, 0.29) is 0 Å². The summed E-state index contributed by atoms with van der Waals surface area (Å²) in [5.41, 5.74) is 0. The number of benzene rings is 1. The maximum Gasteiger partial charge on any atom is 0.313 e. The SMILES string of the molecule is O=S(=O)(OS)c1c(F)c(F)c(F)c(F)c1F. The molecule has 0 spiro atoms. The Morgan fingerprint density at radius 2 is 1.12 bits per heavy atom. The van der Waals surface area contributed by atoms with Crippen molar-refractivity contribution in [2.24, 2.45) is 0 Å². The molecule has 10 heteroatoms. The third-order valence-electron chi connectivity index (χ3n) is 1.52. The molecule has 0 aliphatic heterocycles. The van der Waals surface area contributed by atoms with E-state index in [1.54, 1.807) is 0 Å². The molecule has 0 unspecified atom stereocenters. The van der Waals surface area contributed by atoms with Crippen LogP contribution in [0, 0.1) is 29.1 Å². The first-order chi connectivity index (χ1) is 7.24. The molecule has 0 aliphatic carbocycles. The minimum atomic E-state index is -5.15. The molecule has 1 aromatic rings. The van der Waals surface area contributed by atoms with Gasteiger partial charge in [-0.25, -0.2) is 22.0 Å². The smallest absolute Gasteiger partial charge is 0.202 e. The van der Waals surface area contributed by atoms with Crippen molar-refractivity contribution in [3.05, 3.63) is 29.1 Å². The van der Waals surface area contributed by atoms with Crippen molar-refractivity contribution in [3.63, 3.8) is 0 Å². The van der Waals surface area contributed by atoms with E-state index in [2.05, 4.69) is 16.5 Å². The van der Waals surface area contributed by atoms with Crippen LogP contribution in [0.4, 0.5) is 22.0 Å². The van der Waals surface area contributed by atoms with E-state index in [1.165, 1.54) is 0 Å². The van der Waals surface area contributed by atoms with Gasteiger partial charge < -0.3 is 0 Å². The zero-order valence-corrected chi connectivity index (χ0v) is 8.68. The molecule has 3 nitrogen and oxygen atoms in total. The molecule has 0 aromatic heterocycles. The molecule has 1 aromatic carbocycles. The fourth-order valence-corrected chi connectivity index (χ4v) is 1.76. The van der Waals surface area contributed by atoms with Crippen LogP contribution in [0.5, 0.6) is 0 Å². The summed E-state index contributed by atoms with van der Waals surface area (Å²) in [6.45, 7) is 0. The Hall–Kier alpha value is -0.870. The molecule has 0 saturated heterocycles. The minimum absolute atomic E-state index is 2.08. The van der Waals surface area contributed by atoms with Crippen molar-refractivity contribution in [1.82, 2.24) is 0 Å². The van der Waals surface area contributed by atoms with Crippen LogP contribution in [-0.4, -0.2) is 8.42 Å². The van der Waals surface area contributed by atoms with E-state index < -0.39 is 44.1 Å². The fraction of sp³-hybridized carbons (Fsp3) is 0. The lowest BCUT2D eigenvalue weighted by molar-refractivity contribution is 0.354. The molecule has 0 N–H and O–H groups in total. The maximum atomic E-state index is 12.9. The van der Waals surface area contributed by atoms with Crippen molar-refractivity contribution in [2.45, 2.75) is 4.90 Å². The first-order valence-electron chi connectivity index (χ1n) is 3.33. The summed E-state index contributed by atoms with van der Waals surface area (Å²) in [5.74, 6) is -12.3. The van der Waals surface area contributed by atoms with Gasteiger partial charge in [0.05, 0.1) is 0 Å². The summed E-state index contributed by atoms with van der Waals surface area (Å²) >= 11 is 2.74. The average Bonchev–Trinajstić information content (AvgIpc) is 2.23. The summed E-state index contributed by atoms with van der Waals surface area (Å²) < 4.78 is 88.4. The predicted molar refractivity (Wildman–Crippen MR) is 43.5 cm³/mol. The molecule has 90 valence electrons. The lowest BCUT2D eigenvalue weighted by atomic mass is 10.3. The highest BCUT2D eigenvalue weighted by atomic mass is 32.3. The molecule has 0 radical (unpaired) electrons. The number of hydrogen-bond donors (Lipinski definition) is 1. The summed E-state index contributed by atoms with van der Waals surface area (Å²) in [5, 5.41) is 0. The van der Waals surface area contributed by atoms with Gasteiger partial charge in [0, 0.05) is 0 Å². The lowest BCUT2D eigenvalue weighted by Crippen LogP contribution is -2.12. The third-order valence-corrected chi connectivity index (χ3v) is 3.16. The minimum Gasteiger partial charge on any atom is -0.202 e. The first kappa shape index (κ1) is 13.2. The molecular weight excluding hydrogens is 279 g/mol. The van der Waals surface area contributed by atoms with Crippen LogP contribution in [0.25, 0.3) is 0 Å². The van der Waals surface area contributed by atoms with Crippen LogP contribution in [0.15, 0.2) is 4.90 Å². The molecule has 0 saturated carbocycles. The van der Waals surface area contributed by atoms with Gasteiger partial charge in [0.1, 0.15) is 0 Å². The van der Waals surface area contributed by atoms with Crippen LogP contribution in [0.1, 0.15) is 0 Å². The number of rotatable bonds is 2. The average molecular weight is 280 g/mol. The first-order valence-corrected chi connectivity index (χ1v) is 5.11. The van der Waals surface area contributed by atoms with E-state index in [1.807, 2.05) is 0 Å². The van der Waals surface area contributed by atoms with E-state index >= 15 is 0 Å². The van der Waals surface area contributed by atoms with Gasteiger partial charge in [-0.3, -0.25) is 0 Å². The monoisotopic (exact) mass is 280 g/mol. The zero-order valence-electron chi connectivity index (χ0n) is 6.97. The zero-order chi connectivity index (χ0) is 12.7. The third kappa shape index (κ3) is 1.87. The highest BCUT2D eigenvalue weighted by Gasteiger charge is 2.33. The maximum absolute atomic E-state index is 12.9. The molecule has 0 aliphatic rings. The summed E-state index contributed by atoms with van der Waals surface area (Å²) in [6.07, 6.45) is 0. The molecule has 0 bridgehead atoms. The summed E-state index contributed by atoms with van der Waals surface area (Å²) in [6, 6.07) is 0. The van der Waals surface area contributed by atoms with E-state index in [4.69, 9.17) is 0 Å². The Balaban J connectivity index is 3.79. The van der Waals surface area contributed by atoms with Crippen LogP contribution in [0.3, 0.4) is 0 Å². The van der Waals surface area contributed by atoms with Crippen molar-refractivity contribution in [3.8, 4) is 0 Å². The van der Waals surface area contributed by atoms with Gasteiger partial charge in [0.2, 0.25) is 5.82 Å². The van der Waals surface area contributed by atoms with Gasteiger partial charge in [-0.15, -0.1) is 0 Å². The van der Waals surface area contributed by atoms with Gasteiger partial charge in [-0.05, 0) is 12.9 Å². The van der Waals surface area contributed by atoms with E-state index in [0.717, 1.165) is 0 Å². The van der Waals surface area contributed by atoms with Crippen molar-refractivity contribution >= 4 is 23.0 Å². The summed E-state index contributed by atoms with van der Waals surface area (Å²) in [4.78, 5) is -2.08. The Morgan fingerprint density at radius 3 is 1.44 bits per heavy atom. The molecule has 0 heterocycles. The molecule has 0 amide bonds. The highest BCUT2D eigenvalue weighted by Crippen LogP contribution is 2.28. The predicted octanol–water partition coefficient (Wildman–Crippen LogP) is 1.93. The Morgan fingerprint density at radius 1 is 0.812 bits per heavy atom. The standard InChI is InChI=1S/C6HF5O3S2/c7-1-2(8)4(10)6(5(11)3(1)9)16(12,13)14-15/h15H. The van der Waals surface area contributed by atoms with Crippen LogP contribution in [-0.2, 0) is 13.7 Å². The Bertz CT molecular complexity index is 513. The molecule has 0 atom stereocenters. The second-order valence-corrected chi connectivity index (χ2v) is 4.34. The van der Waals surface area contributed by atoms with Gasteiger partial charge >= 0.3 is 10.1 Å². The van der Waals surface area contributed by atoms with Crippen LogP contribution in [0.2, 0.25) is 0 Å².